The molecule has 0 atom stereocenters. The predicted octanol–water partition coefficient (Wildman–Crippen LogP) is 3.83. The van der Waals surface area contributed by atoms with Crippen molar-refractivity contribution in [3.63, 3.8) is 0 Å². The third kappa shape index (κ3) is 3.26. The predicted molar refractivity (Wildman–Crippen MR) is 74.6 cm³/mol. The molecule has 0 spiro atoms. The molecule has 0 bridgehead atoms. The van der Waals surface area contributed by atoms with Crippen LogP contribution >= 0.6 is 11.6 Å². The Kier molecular flexibility index (Phi) is 4.20. The van der Waals surface area contributed by atoms with E-state index in [1.807, 2.05) is 12.1 Å². The standard InChI is InChI=1S/C15H9ClFN3/c16-14-2-1-10(7-18)6-15(14)20-9-12-3-11(8-19)4-13(17)5-12/h1-6,20H,9H2. The van der Waals surface area contributed by atoms with Crippen LogP contribution in [0.15, 0.2) is 36.4 Å². The zero-order chi connectivity index (χ0) is 14.5. The highest BCUT2D eigenvalue weighted by Crippen LogP contribution is 2.23. The maximum absolute atomic E-state index is 13.3. The van der Waals surface area contributed by atoms with Crippen molar-refractivity contribution in [3.8, 4) is 12.1 Å². The van der Waals surface area contributed by atoms with Gasteiger partial charge >= 0.3 is 0 Å². The monoisotopic (exact) mass is 285 g/mol. The maximum Gasteiger partial charge on any atom is 0.124 e. The highest BCUT2D eigenvalue weighted by molar-refractivity contribution is 6.33. The van der Waals surface area contributed by atoms with Gasteiger partial charge in [-0.2, -0.15) is 10.5 Å². The fourth-order valence-electron chi connectivity index (χ4n) is 1.74. The number of benzene rings is 2. The molecular formula is C15H9ClFN3. The fourth-order valence-corrected chi connectivity index (χ4v) is 1.93. The lowest BCUT2D eigenvalue weighted by Crippen LogP contribution is -2.01. The fraction of sp³-hybridized carbons (Fsp3) is 0.0667. The summed E-state index contributed by atoms with van der Waals surface area (Å²) in [5, 5.41) is 21.1. The molecule has 3 nitrogen and oxygen atoms in total. The lowest BCUT2D eigenvalue weighted by molar-refractivity contribution is 0.625. The average Bonchev–Trinajstić information content (AvgIpc) is 2.45. The van der Waals surface area contributed by atoms with Gasteiger partial charge in [0.15, 0.2) is 0 Å². The summed E-state index contributed by atoms with van der Waals surface area (Å²) in [6.45, 7) is 0.307. The van der Waals surface area contributed by atoms with Gasteiger partial charge in [0.25, 0.3) is 0 Å². The van der Waals surface area contributed by atoms with E-state index in [1.54, 1.807) is 24.3 Å². The van der Waals surface area contributed by atoms with E-state index in [4.69, 9.17) is 22.1 Å². The van der Waals surface area contributed by atoms with E-state index in [0.29, 0.717) is 28.4 Å². The number of hydrogen-bond donors (Lipinski definition) is 1. The minimum atomic E-state index is -0.460. The topological polar surface area (TPSA) is 59.6 Å². The van der Waals surface area contributed by atoms with E-state index in [0.717, 1.165) is 0 Å². The SMILES string of the molecule is N#Cc1cc(F)cc(CNc2cc(C#N)ccc2Cl)c1. The van der Waals surface area contributed by atoms with Crippen molar-refractivity contribution in [1.82, 2.24) is 0 Å². The molecule has 2 rings (SSSR count). The van der Waals surface area contributed by atoms with Crippen LogP contribution in [0.5, 0.6) is 0 Å². The molecule has 1 N–H and O–H groups in total. The van der Waals surface area contributed by atoms with Crippen molar-refractivity contribution in [2.45, 2.75) is 6.54 Å². The second-order valence-electron chi connectivity index (χ2n) is 4.12. The van der Waals surface area contributed by atoms with Gasteiger partial charge < -0.3 is 5.32 Å². The molecule has 0 fully saturated rings. The van der Waals surface area contributed by atoms with Gasteiger partial charge in [0, 0.05) is 6.54 Å². The zero-order valence-corrected chi connectivity index (χ0v) is 11.1. The summed E-state index contributed by atoms with van der Waals surface area (Å²) >= 11 is 6.01. The van der Waals surface area contributed by atoms with Crippen LogP contribution in [0.2, 0.25) is 5.02 Å². The van der Waals surface area contributed by atoms with E-state index < -0.39 is 5.82 Å². The van der Waals surface area contributed by atoms with E-state index in [9.17, 15) is 4.39 Å². The van der Waals surface area contributed by atoms with E-state index in [1.165, 1.54) is 12.1 Å². The third-order valence-corrected chi connectivity index (χ3v) is 2.99. The molecule has 0 aliphatic carbocycles. The first-order valence-electron chi connectivity index (χ1n) is 5.75. The van der Waals surface area contributed by atoms with Crippen molar-refractivity contribution in [1.29, 1.82) is 10.5 Å². The molecule has 0 saturated carbocycles. The second kappa shape index (κ2) is 6.06. The number of rotatable bonds is 3. The van der Waals surface area contributed by atoms with Crippen LogP contribution in [0.1, 0.15) is 16.7 Å². The van der Waals surface area contributed by atoms with Gasteiger partial charge in [-0.1, -0.05) is 11.6 Å². The average molecular weight is 286 g/mol. The number of halogens is 2. The van der Waals surface area contributed by atoms with Gasteiger partial charge in [0.05, 0.1) is 34.0 Å². The summed E-state index contributed by atoms with van der Waals surface area (Å²) in [6.07, 6.45) is 0. The zero-order valence-electron chi connectivity index (χ0n) is 10.3. The molecule has 20 heavy (non-hydrogen) atoms. The van der Waals surface area contributed by atoms with Crippen molar-refractivity contribution in [2.75, 3.05) is 5.32 Å². The second-order valence-corrected chi connectivity index (χ2v) is 4.53. The molecule has 0 amide bonds. The Labute approximate surface area is 120 Å². The van der Waals surface area contributed by atoms with Gasteiger partial charge in [-0.3, -0.25) is 0 Å². The van der Waals surface area contributed by atoms with Gasteiger partial charge in [0.1, 0.15) is 5.82 Å². The molecule has 0 aliphatic heterocycles. The number of anilines is 1. The third-order valence-electron chi connectivity index (χ3n) is 2.67. The molecular weight excluding hydrogens is 277 g/mol. The molecule has 98 valence electrons. The maximum atomic E-state index is 13.3. The van der Waals surface area contributed by atoms with Gasteiger partial charge in [-0.15, -0.1) is 0 Å². The molecule has 0 aromatic heterocycles. The normalized spacial score (nSPS) is 9.60. The Bertz CT molecular complexity index is 729. The lowest BCUT2D eigenvalue weighted by Gasteiger charge is -2.09. The molecule has 0 aliphatic rings. The molecule has 0 radical (unpaired) electrons. The Morgan fingerprint density at radius 2 is 1.80 bits per heavy atom. The van der Waals surface area contributed by atoms with Crippen LogP contribution in [0, 0.1) is 28.5 Å². The summed E-state index contributed by atoms with van der Waals surface area (Å²) in [6, 6.07) is 12.9. The molecule has 5 heteroatoms. The van der Waals surface area contributed by atoms with Crippen molar-refractivity contribution < 1.29 is 4.39 Å². The van der Waals surface area contributed by atoms with Gasteiger partial charge in [-0.25, -0.2) is 4.39 Å². The van der Waals surface area contributed by atoms with Crippen molar-refractivity contribution >= 4 is 17.3 Å². The summed E-state index contributed by atoms with van der Waals surface area (Å²) in [7, 11) is 0. The van der Waals surface area contributed by atoms with Crippen molar-refractivity contribution in [3.05, 3.63) is 63.9 Å². The van der Waals surface area contributed by atoms with Crippen LogP contribution in [-0.4, -0.2) is 0 Å². The summed E-state index contributed by atoms with van der Waals surface area (Å²) < 4.78 is 13.3. The minimum absolute atomic E-state index is 0.263. The smallest absolute Gasteiger partial charge is 0.124 e. The number of nitriles is 2. The summed E-state index contributed by atoms with van der Waals surface area (Å²) in [4.78, 5) is 0. The van der Waals surface area contributed by atoms with Crippen LogP contribution in [-0.2, 0) is 6.54 Å². The Hall–Kier alpha value is -2.56. The van der Waals surface area contributed by atoms with Crippen LogP contribution in [0.3, 0.4) is 0 Å². The lowest BCUT2D eigenvalue weighted by atomic mass is 10.1. The molecule has 2 aromatic rings. The van der Waals surface area contributed by atoms with E-state index in [-0.39, 0.29) is 5.56 Å². The largest absolute Gasteiger partial charge is 0.380 e. The van der Waals surface area contributed by atoms with Gasteiger partial charge in [0.2, 0.25) is 0 Å². The van der Waals surface area contributed by atoms with E-state index in [2.05, 4.69) is 5.32 Å². The molecule has 0 unspecified atom stereocenters. The number of nitrogens with one attached hydrogen (secondary N) is 1. The minimum Gasteiger partial charge on any atom is -0.380 e. The molecule has 0 saturated heterocycles. The van der Waals surface area contributed by atoms with E-state index >= 15 is 0 Å². The summed E-state index contributed by atoms with van der Waals surface area (Å²) in [5.74, 6) is -0.460. The Morgan fingerprint density at radius 1 is 1.05 bits per heavy atom. The van der Waals surface area contributed by atoms with Gasteiger partial charge in [-0.05, 0) is 42.0 Å². The first-order valence-corrected chi connectivity index (χ1v) is 6.13. The van der Waals surface area contributed by atoms with Crippen LogP contribution in [0.25, 0.3) is 0 Å². The Morgan fingerprint density at radius 3 is 2.50 bits per heavy atom. The summed E-state index contributed by atoms with van der Waals surface area (Å²) in [5.41, 5.74) is 1.96. The quantitative estimate of drug-likeness (QED) is 0.932. The first kappa shape index (κ1) is 13.9. The number of nitrogens with zero attached hydrogens (tertiary/aromatic N) is 2. The Balaban J connectivity index is 2.19. The van der Waals surface area contributed by atoms with Crippen molar-refractivity contribution in [2.24, 2.45) is 0 Å². The highest BCUT2D eigenvalue weighted by atomic mass is 35.5. The first-order chi connectivity index (χ1) is 9.62. The molecule has 0 heterocycles. The number of hydrogen-bond acceptors (Lipinski definition) is 3. The highest BCUT2D eigenvalue weighted by Gasteiger charge is 2.04. The van der Waals surface area contributed by atoms with Crippen LogP contribution < -0.4 is 5.32 Å². The molecule has 2 aromatic carbocycles. The van der Waals surface area contributed by atoms with Crippen LogP contribution in [0.4, 0.5) is 10.1 Å².